The number of hydrogen-bond acceptors (Lipinski definition) is 4. The largest absolute Gasteiger partial charge is 0.399 e. The first-order valence-electron chi connectivity index (χ1n) is 6.11. The van der Waals surface area contributed by atoms with E-state index in [-0.39, 0.29) is 0 Å². The average molecular weight is 270 g/mol. The molecule has 0 fully saturated rings. The molecule has 5 heteroatoms. The Labute approximate surface area is 115 Å². The van der Waals surface area contributed by atoms with Gasteiger partial charge in [-0.3, -0.25) is 0 Å². The number of nitrogens with two attached hydrogens (primary N) is 1. The molecule has 2 aromatic heterocycles. The number of rotatable bonds is 3. The van der Waals surface area contributed by atoms with E-state index in [0.717, 1.165) is 34.1 Å². The Bertz CT molecular complexity index is 682. The molecule has 19 heavy (non-hydrogen) atoms. The van der Waals surface area contributed by atoms with Crippen LogP contribution in [-0.2, 0) is 6.42 Å². The summed E-state index contributed by atoms with van der Waals surface area (Å²) in [7, 11) is 0. The van der Waals surface area contributed by atoms with Crippen LogP contribution in [-0.4, -0.2) is 14.8 Å². The molecule has 0 atom stereocenters. The van der Waals surface area contributed by atoms with Crippen molar-refractivity contribution in [2.24, 2.45) is 0 Å². The predicted molar refractivity (Wildman–Crippen MR) is 78.5 cm³/mol. The van der Waals surface area contributed by atoms with Crippen LogP contribution < -0.4 is 5.73 Å². The van der Waals surface area contributed by atoms with E-state index in [1.54, 1.807) is 11.3 Å². The van der Waals surface area contributed by atoms with Crippen molar-refractivity contribution in [1.82, 2.24) is 14.8 Å². The summed E-state index contributed by atoms with van der Waals surface area (Å²) in [5.41, 5.74) is 9.73. The second kappa shape index (κ2) is 4.85. The number of hydrogen-bond donors (Lipinski definition) is 1. The van der Waals surface area contributed by atoms with Crippen molar-refractivity contribution < 1.29 is 0 Å². The average Bonchev–Trinajstić information content (AvgIpc) is 3.08. The summed E-state index contributed by atoms with van der Waals surface area (Å²) in [5.74, 6) is 0. The number of anilines is 1. The Morgan fingerprint density at radius 2 is 2.00 bits per heavy atom. The molecule has 0 spiro atoms. The maximum absolute atomic E-state index is 5.69. The van der Waals surface area contributed by atoms with E-state index in [0.29, 0.717) is 0 Å². The van der Waals surface area contributed by atoms with Gasteiger partial charge in [0.2, 0.25) is 5.13 Å². The standard InChI is InChI=1S/C14H14N4S/c1-2-13-9-19-14(17-13)18-8-11(7-16-18)10-3-5-12(15)6-4-10/h3-9H,2,15H2,1H3. The molecule has 3 aromatic rings. The fraction of sp³-hybridized carbons (Fsp3) is 0.143. The van der Waals surface area contributed by atoms with Crippen LogP contribution in [0.3, 0.4) is 0 Å². The van der Waals surface area contributed by atoms with Gasteiger partial charge >= 0.3 is 0 Å². The maximum Gasteiger partial charge on any atom is 0.210 e. The van der Waals surface area contributed by atoms with Crippen molar-refractivity contribution in [2.75, 3.05) is 5.73 Å². The van der Waals surface area contributed by atoms with Gasteiger partial charge < -0.3 is 5.73 Å². The zero-order valence-corrected chi connectivity index (χ0v) is 11.4. The first-order valence-corrected chi connectivity index (χ1v) is 6.99. The van der Waals surface area contributed by atoms with E-state index in [1.807, 2.05) is 41.3 Å². The van der Waals surface area contributed by atoms with Crippen LogP contribution in [0.4, 0.5) is 5.69 Å². The summed E-state index contributed by atoms with van der Waals surface area (Å²) < 4.78 is 1.81. The van der Waals surface area contributed by atoms with Gasteiger partial charge in [0, 0.05) is 22.8 Å². The molecular formula is C14H14N4S. The van der Waals surface area contributed by atoms with E-state index in [4.69, 9.17) is 5.73 Å². The highest BCUT2D eigenvalue weighted by molar-refractivity contribution is 7.12. The lowest BCUT2D eigenvalue weighted by Gasteiger charge is -1.97. The van der Waals surface area contributed by atoms with E-state index in [1.165, 1.54) is 0 Å². The minimum absolute atomic E-state index is 0.767. The lowest BCUT2D eigenvalue weighted by molar-refractivity contribution is 0.859. The normalized spacial score (nSPS) is 10.8. The minimum Gasteiger partial charge on any atom is -0.399 e. The molecule has 0 aliphatic carbocycles. The van der Waals surface area contributed by atoms with E-state index in [2.05, 4.69) is 22.4 Å². The molecule has 0 aliphatic rings. The number of thiazole rings is 1. The van der Waals surface area contributed by atoms with Crippen LogP contribution in [0.25, 0.3) is 16.3 Å². The molecule has 0 radical (unpaired) electrons. The molecule has 1 aromatic carbocycles. The summed E-state index contributed by atoms with van der Waals surface area (Å²) in [5, 5.41) is 7.34. The molecule has 96 valence electrons. The molecule has 2 heterocycles. The Balaban J connectivity index is 1.92. The molecule has 3 rings (SSSR count). The van der Waals surface area contributed by atoms with Gasteiger partial charge in [-0.1, -0.05) is 19.1 Å². The van der Waals surface area contributed by atoms with Crippen LogP contribution in [0.1, 0.15) is 12.6 Å². The highest BCUT2D eigenvalue weighted by Crippen LogP contribution is 2.22. The number of nitrogen functional groups attached to an aromatic ring is 1. The van der Waals surface area contributed by atoms with E-state index >= 15 is 0 Å². The molecule has 0 bridgehead atoms. The first-order chi connectivity index (χ1) is 9.26. The van der Waals surface area contributed by atoms with E-state index < -0.39 is 0 Å². The molecular weight excluding hydrogens is 256 g/mol. The van der Waals surface area contributed by atoms with Gasteiger partial charge in [0.05, 0.1) is 11.9 Å². The first kappa shape index (κ1) is 11.9. The topological polar surface area (TPSA) is 56.7 Å². The summed E-state index contributed by atoms with van der Waals surface area (Å²) >= 11 is 1.61. The van der Waals surface area contributed by atoms with Gasteiger partial charge in [0.25, 0.3) is 0 Å². The van der Waals surface area contributed by atoms with Gasteiger partial charge in [-0.25, -0.2) is 9.67 Å². The van der Waals surface area contributed by atoms with Crippen molar-refractivity contribution in [2.45, 2.75) is 13.3 Å². The molecule has 4 nitrogen and oxygen atoms in total. The van der Waals surface area contributed by atoms with Crippen molar-refractivity contribution in [1.29, 1.82) is 0 Å². The Morgan fingerprint density at radius 3 is 2.68 bits per heavy atom. The second-order valence-corrected chi connectivity index (χ2v) is 5.11. The van der Waals surface area contributed by atoms with Gasteiger partial charge in [-0.05, 0) is 24.1 Å². The molecule has 0 unspecified atom stereocenters. The zero-order chi connectivity index (χ0) is 13.2. The minimum atomic E-state index is 0.767. The SMILES string of the molecule is CCc1csc(-n2cc(-c3ccc(N)cc3)cn2)n1. The van der Waals surface area contributed by atoms with Crippen molar-refractivity contribution in [3.05, 3.63) is 47.7 Å². The van der Waals surface area contributed by atoms with Gasteiger partial charge in [-0.2, -0.15) is 5.10 Å². The Hall–Kier alpha value is -2.14. The van der Waals surface area contributed by atoms with E-state index in [9.17, 15) is 0 Å². The molecule has 0 aliphatic heterocycles. The quantitative estimate of drug-likeness (QED) is 0.744. The van der Waals surface area contributed by atoms with Crippen LogP contribution >= 0.6 is 11.3 Å². The summed E-state index contributed by atoms with van der Waals surface area (Å²) in [6.45, 7) is 2.10. The second-order valence-electron chi connectivity index (χ2n) is 4.27. The van der Waals surface area contributed by atoms with Crippen LogP contribution in [0, 0.1) is 0 Å². The molecule has 2 N–H and O–H groups in total. The van der Waals surface area contributed by atoms with Gasteiger partial charge in [0.1, 0.15) is 0 Å². The fourth-order valence-corrected chi connectivity index (χ4v) is 2.65. The Kier molecular flexibility index (Phi) is 3.05. The maximum atomic E-state index is 5.69. The highest BCUT2D eigenvalue weighted by atomic mass is 32.1. The number of aromatic nitrogens is 3. The van der Waals surface area contributed by atoms with Crippen LogP contribution in [0.15, 0.2) is 42.0 Å². The van der Waals surface area contributed by atoms with Crippen molar-refractivity contribution in [3.8, 4) is 16.3 Å². The molecule has 0 amide bonds. The fourth-order valence-electron chi connectivity index (χ4n) is 1.82. The lowest BCUT2D eigenvalue weighted by atomic mass is 10.1. The third-order valence-electron chi connectivity index (χ3n) is 2.92. The van der Waals surface area contributed by atoms with Crippen molar-refractivity contribution >= 4 is 17.0 Å². The third-order valence-corrected chi connectivity index (χ3v) is 3.80. The highest BCUT2D eigenvalue weighted by Gasteiger charge is 2.06. The molecule has 0 saturated heterocycles. The smallest absolute Gasteiger partial charge is 0.210 e. The Morgan fingerprint density at radius 1 is 1.21 bits per heavy atom. The van der Waals surface area contributed by atoms with Crippen LogP contribution in [0.5, 0.6) is 0 Å². The lowest BCUT2D eigenvalue weighted by Crippen LogP contribution is -1.93. The van der Waals surface area contributed by atoms with Gasteiger partial charge in [0.15, 0.2) is 0 Å². The van der Waals surface area contributed by atoms with Crippen LogP contribution in [0.2, 0.25) is 0 Å². The molecule has 0 saturated carbocycles. The number of nitrogens with zero attached hydrogens (tertiary/aromatic N) is 3. The van der Waals surface area contributed by atoms with Crippen molar-refractivity contribution in [3.63, 3.8) is 0 Å². The van der Waals surface area contributed by atoms with Gasteiger partial charge in [-0.15, -0.1) is 11.3 Å². The number of aryl methyl sites for hydroxylation is 1. The monoisotopic (exact) mass is 270 g/mol. The zero-order valence-electron chi connectivity index (χ0n) is 10.6. The predicted octanol–water partition coefficient (Wildman–Crippen LogP) is 3.14. The number of benzene rings is 1. The summed E-state index contributed by atoms with van der Waals surface area (Å²) in [6.07, 6.45) is 4.78. The summed E-state index contributed by atoms with van der Waals surface area (Å²) in [4.78, 5) is 4.52. The third kappa shape index (κ3) is 2.37. The summed E-state index contributed by atoms with van der Waals surface area (Å²) in [6, 6.07) is 7.78.